The maximum Gasteiger partial charge on any atom is 0.230 e. The van der Waals surface area contributed by atoms with Gasteiger partial charge in [-0.2, -0.15) is 0 Å². The molecule has 1 atom stereocenters. The normalized spacial score (nSPS) is 24.1. The molecule has 2 aliphatic carbocycles. The van der Waals surface area contributed by atoms with E-state index in [1.165, 1.54) is 31.2 Å². The first-order valence-corrected chi connectivity index (χ1v) is 8.43. The van der Waals surface area contributed by atoms with Gasteiger partial charge in [-0.25, -0.2) is 0 Å². The maximum absolute atomic E-state index is 13.1. The van der Waals surface area contributed by atoms with E-state index in [-0.39, 0.29) is 5.92 Å². The molecule has 0 aromatic heterocycles. The van der Waals surface area contributed by atoms with Gasteiger partial charge in [0.15, 0.2) is 0 Å². The molecule has 1 N–H and O–H groups in total. The summed E-state index contributed by atoms with van der Waals surface area (Å²) in [5, 5.41) is 3.42. The van der Waals surface area contributed by atoms with Gasteiger partial charge in [-0.3, -0.25) is 4.79 Å². The van der Waals surface area contributed by atoms with E-state index < -0.39 is 0 Å². The van der Waals surface area contributed by atoms with E-state index in [2.05, 4.69) is 28.4 Å². The van der Waals surface area contributed by atoms with Crippen LogP contribution < -0.4 is 5.32 Å². The Labute approximate surface area is 126 Å². The zero-order chi connectivity index (χ0) is 14.2. The third-order valence-electron chi connectivity index (χ3n) is 5.05. The van der Waals surface area contributed by atoms with E-state index >= 15 is 0 Å². The maximum atomic E-state index is 13.1. The predicted octanol–water partition coefficient (Wildman–Crippen LogP) is 3.23. The minimum atomic E-state index is 0.0694. The van der Waals surface area contributed by atoms with Gasteiger partial charge >= 0.3 is 0 Å². The van der Waals surface area contributed by atoms with Crippen molar-refractivity contribution in [2.45, 2.75) is 38.0 Å². The summed E-state index contributed by atoms with van der Waals surface area (Å²) < 4.78 is 0. The molecule has 1 aromatic rings. The molecule has 4 rings (SSSR count). The van der Waals surface area contributed by atoms with Gasteiger partial charge in [0.25, 0.3) is 0 Å². The zero-order valence-corrected chi connectivity index (χ0v) is 12.6. The van der Waals surface area contributed by atoms with Crippen LogP contribution in [0.1, 0.15) is 43.6 Å². The predicted molar refractivity (Wildman–Crippen MR) is 84.3 cm³/mol. The van der Waals surface area contributed by atoms with E-state index in [4.69, 9.17) is 0 Å². The molecule has 2 saturated carbocycles. The number of fused-ring (bicyclic) bond motifs is 1. The second-order valence-corrected chi connectivity index (χ2v) is 6.99. The van der Waals surface area contributed by atoms with E-state index in [0.29, 0.717) is 5.91 Å². The van der Waals surface area contributed by atoms with Crippen molar-refractivity contribution in [1.29, 1.82) is 0 Å². The average molecular weight is 284 g/mol. The van der Waals surface area contributed by atoms with Crippen LogP contribution in [0.3, 0.4) is 0 Å². The van der Waals surface area contributed by atoms with Crippen molar-refractivity contribution in [2.75, 3.05) is 25.0 Å². The lowest BCUT2D eigenvalue weighted by Crippen LogP contribution is -2.39. The fraction of sp³-hybridized carbons (Fsp3) is 0.611. The highest BCUT2D eigenvalue weighted by molar-refractivity contribution is 5.86. The Morgan fingerprint density at radius 2 is 1.71 bits per heavy atom. The van der Waals surface area contributed by atoms with Crippen LogP contribution in [-0.4, -0.2) is 30.4 Å². The second kappa shape index (κ2) is 5.36. The van der Waals surface area contributed by atoms with Crippen molar-refractivity contribution >= 4 is 11.6 Å². The number of amides is 1. The lowest BCUT2D eigenvalue weighted by Gasteiger charge is -2.31. The summed E-state index contributed by atoms with van der Waals surface area (Å²) in [6, 6.07) is 8.32. The number of carbonyl (C=O) groups excluding carboxylic acids is 1. The van der Waals surface area contributed by atoms with Gasteiger partial charge in [-0.15, -0.1) is 0 Å². The quantitative estimate of drug-likeness (QED) is 0.900. The summed E-state index contributed by atoms with van der Waals surface area (Å²) in [6.45, 7) is 2.91. The molecule has 2 fully saturated rings. The average Bonchev–Trinajstić information content (AvgIpc) is 3.41. The van der Waals surface area contributed by atoms with Crippen molar-refractivity contribution in [3.05, 3.63) is 29.8 Å². The molecule has 0 saturated heterocycles. The third kappa shape index (κ3) is 2.92. The smallest absolute Gasteiger partial charge is 0.230 e. The molecule has 1 unspecified atom stereocenters. The van der Waals surface area contributed by atoms with E-state index in [0.717, 1.165) is 43.6 Å². The number of hydrogen-bond donors (Lipinski definition) is 1. The van der Waals surface area contributed by atoms with E-state index in [1.807, 2.05) is 6.07 Å². The molecule has 0 bridgehead atoms. The Balaban J connectivity index is 1.54. The van der Waals surface area contributed by atoms with Crippen molar-refractivity contribution < 1.29 is 4.79 Å². The Morgan fingerprint density at radius 3 is 2.38 bits per heavy atom. The van der Waals surface area contributed by atoms with Crippen LogP contribution in [0.5, 0.6) is 0 Å². The highest BCUT2D eigenvalue weighted by Crippen LogP contribution is 2.37. The molecular formula is C18H24N2O. The number of benzene rings is 1. The van der Waals surface area contributed by atoms with Crippen LogP contribution >= 0.6 is 0 Å². The summed E-state index contributed by atoms with van der Waals surface area (Å²) >= 11 is 0. The largest absolute Gasteiger partial charge is 0.385 e. The molecule has 3 aliphatic rings. The molecule has 3 heteroatoms. The highest BCUT2D eigenvalue weighted by Gasteiger charge is 2.35. The zero-order valence-electron chi connectivity index (χ0n) is 12.6. The van der Waals surface area contributed by atoms with Gasteiger partial charge in [0.2, 0.25) is 5.91 Å². The van der Waals surface area contributed by atoms with Crippen LogP contribution in [0, 0.1) is 11.8 Å². The summed E-state index contributed by atoms with van der Waals surface area (Å²) in [6.07, 6.45) is 6.20. The van der Waals surface area contributed by atoms with Crippen molar-refractivity contribution in [1.82, 2.24) is 4.90 Å². The van der Waals surface area contributed by atoms with Crippen molar-refractivity contribution in [3.8, 4) is 0 Å². The minimum Gasteiger partial charge on any atom is -0.385 e. The van der Waals surface area contributed by atoms with E-state index in [1.54, 1.807) is 0 Å². The first-order valence-electron chi connectivity index (χ1n) is 8.43. The molecule has 1 aromatic carbocycles. The fourth-order valence-corrected chi connectivity index (χ4v) is 3.42. The monoisotopic (exact) mass is 284 g/mol. The Hall–Kier alpha value is -1.51. The first kappa shape index (κ1) is 13.2. The number of nitrogens with one attached hydrogen (secondary N) is 1. The fourth-order valence-electron chi connectivity index (χ4n) is 3.42. The van der Waals surface area contributed by atoms with E-state index in [9.17, 15) is 4.79 Å². The summed E-state index contributed by atoms with van der Waals surface area (Å²) in [5.41, 5.74) is 2.35. The Kier molecular flexibility index (Phi) is 3.36. The number of hydrogen-bond acceptors (Lipinski definition) is 2. The number of carbonyl (C=O) groups is 1. The van der Waals surface area contributed by atoms with Crippen molar-refractivity contribution in [3.63, 3.8) is 0 Å². The minimum absolute atomic E-state index is 0.0694. The molecular weight excluding hydrogens is 260 g/mol. The molecule has 21 heavy (non-hydrogen) atoms. The summed E-state index contributed by atoms with van der Waals surface area (Å²) in [4.78, 5) is 15.3. The second-order valence-electron chi connectivity index (χ2n) is 6.99. The van der Waals surface area contributed by atoms with Crippen molar-refractivity contribution in [2.24, 2.45) is 11.8 Å². The molecule has 3 nitrogen and oxygen atoms in total. The Bertz CT molecular complexity index is 520. The van der Waals surface area contributed by atoms with Gasteiger partial charge in [0.05, 0.1) is 5.92 Å². The molecule has 0 radical (unpaired) electrons. The van der Waals surface area contributed by atoms with Gasteiger partial charge in [-0.05, 0) is 55.6 Å². The van der Waals surface area contributed by atoms with Gasteiger partial charge in [-0.1, -0.05) is 18.2 Å². The van der Waals surface area contributed by atoms with Crippen LogP contribution in [0.4, 0.5) is 5.69 Å². The number of rotatable bonds is 5. The van der Waals surface area contributed by atoms with Crippen LogP contribution in [0.15, 0.2) is 24.3 Å². The summed E-state index contributed by atoms with van der Waals surface area (Å²) in [5.74, 6) is 2.01. The highest BCUT2D eigenvalue weighted by atomic mass is 16.2. The first-order chi connectivity index (χ1) is 10.3. The van der Waals surface area contributed by atoms with Crippen LogP contribution in [0.2, 0.25) is 0 Å². The standard InChI is InChI=1S/C18H24N2O/c21-18(20(11-13-5-6-13)12-14-7-8-14)16-9-10-19-17-4-2-1-3-15(16)17/h1-4,13-14,16,19H,5-12H2. The molecule has 112 valence electrons. The Morgan fingerprint density at radius 1 is 1.05 bits per heavy atom. The molecule has 1 aliphatic heterocycles. The SMILES string of the molecule is O=C(C1CCNc2ccccc21)N(CC1CC1)CC1CC1. The summed E-state index contributed by atoms with van der Waals surface area (Å²) in [7, 11) is 0. The van der Waals surface area contributed by atoms with Gasteiger partial charge < -0.3 is 10.2 Å². The van der Waals surface area contributed by atoms with Crippen LogP contribution in [-0.2, 0) is 4.79 Å². The lowest BCUT2D eigenvalue weighted by molar-refractivity contribution is -0.133. The third-order valence-corrected chi connectivity index (χ3v) is 5.05. The topological polar surface area (TPSA) is 32.3 Å². The lowest BCUT2D eigenvalue weighted by atomic mass is 9.89. The number of nitrogens with zero attached hydrogens (tertiary/aromatic N) is 1. The molecule has 0 spiro atoms. The number of para-hydroxylation sites is 1. The van der Waals surface area contributed by atoms with Gasteiger partial charge in [0, 0.05) is 25.3 Å². The van der Waals surface area contributed by atoms with Crippen LogP contribution in [0.25, 0.3) is 0 Å². The molecule has 1 amide bonds. The molecule has 1 heterocycles. The van der Waals surface area contributed by atoms with Gasteiger partial charge in [0.1, 0.15) is 0 Å². The number of anilines is 1.